The molecule has 1 spiro atoms. The Kier molecular flexibility index (Phi) is 5.05. The van der Waals surface area contributed by atoms with E-state index >= 15 is 0 Å². The van der Waals surface area contributed by atoms with Gasteiger partial charge < -0.3 is 14.2 Å². The van der Waals surface area contributed by atoms with Gasteiger partial charge in [0.2, 0.25) is 0 Å². The fourth-order valence-electron chi connectivity index (χ4n) is 6.37. The van der Waals surface area contributed by atoms with Crippen molar-refractivity contribution in [1.29, 1.82) is 0 Å². The van der Waals surface area contributed by atoms with E-state index in [1.54, 1.807) is 0 Å². The van der Waals surface area contributed by atoms with Gasteiger partial charge in [0.25, 0.3) is 0 Å². The second kappa shape index (κ2) is 8.32. The number of aromatic nitrogens is 2. The molecule has 2 aliphatic heterocycles. The second-order valence-corrected chi connectivity index (χ2v) is 10.9. The number of hydrogen-bond acceptors (Lipinski definition) is 4. The predicted molar refractivity (Wildman–Crippen MR) is 142 cm³/mol. The van der Waals surface area contributed by atoms with Crippen LogP contribution in [0.25, 0.3) is 16.8 Å². The zero-order chi connectivity index (χ0) is 24.3. The third-order valence-electron chi connectivity index (χ3n) is 8.12. The zero-order valence-electron chi connectivity index (χ0n) is 20.7. The molecule has 0 bridgehead atoms. The number of rotatable bonds is 4. The van der Waals surface area contributed by atoms with E-state index in [2.05, 4.69) is 71.1 Å². The van der Waals surface area contributed by atoms with E-state index in [4.69, 9.17) is 9.72 Å². The molecule has 2 fully saturated rings. The number of likely N-dealkylation sites (tertiary alicyclic amines) is 1. The third-order valence-corrected chi connectivity index (χ3v) is 8.12. The summed E-state index contributed by atoms with van der Waals surface area (Å²) in [6, 6.07) is 19.0. The molecule has 1 N–H and O–H groups in total. The lowest BCUT2D eigenvalue weighted by atomic mass is 9.78. The first-order valence-electron chi connectivity index (χ1n) is 13.0. The molecule has 0 amide bonds. The van der Waals surface area contributed by atoms with Crippen LogP contribution in [0, 0.1) is 12.3 Å². The topological polar surface area (TPSA) is 50.0 Å². The Bertz CT molecular complexity index is 1500. The first-order chi connectivity index (χ1) is 17.6. The lowest BCUT2D eigenvalue weighted by Crippen LogP contribution is -2.65. The molecule has 2 aromatic carbocycles. The Morgan fingerprint density at radius 1 is 1.00 bits per heavy atom. The number of phenolic OH excluding ortho intramolecular Hbond substituents is 1. The normalized spacial score (nSPS) is 19.1. The minimum atomic E-state index is 0.335. The second-order valence-electron chi connectivity index (χ2n) is 10.9. The van der Waals surface area contributed by atoms with Crippen LogP contribution in [0.4, 0.5) is 0 Å². The van der Waals surface area contributed by atoms with Gasteiger partial charge in [-0.25, -0.2) is 4.98 Å². The van der Waals surface area contributed by atoms with Crippen LogP contribution in [-0.4, -0.2) is 45.7 Å². The van der Waals surface area contributed by atoms with Crippen LogP contribution in [0.2, 0.25) is 0 Å². The molecule has 182 valence electrons. The smallest absolute Gasteiger partial charge is 0.137 e. The third kappa shape index (κ3) is 3.66. The van der Waals surface area contributed by atoms with Gasteiger partial charge in [-0.2, -0.15) is 0 Å². The lowest BCUT2D eigenvalue weighted by Gasteiger charge is -2.55. The first-order valence-corrected chi connectivity index (χ1v) is 13.0. The first kappa shape index (κ1) is 21.8. The molecule has 2 aromatic heterocycles. The molecule has 5 nitrogen and oxygen atoms in total. The SMILES string of the molecule is Cc1ccccc1C1=C(c2ccn3cc(CN4CC5(COC5)C4)nc3c2)c2ccc(O)cc2CCC1. The van der Waals surface area contributed by atoms with Crippen molar-refractivity contribution < 1.29 is 9.84 Å². The van der Waals surface area contributed by atoms with Crippen molar-refractivity contribution in [3.8, 4) is 5.75 Å². The van der Waals surface area contributed by atoms with Gasteiger partial charge in [0.05, 0.1) is 18.9 Å². The highest BCUT2D eigenvalue weighted by atomic mass is 16.5. The summed E-state index contributed by atoms with van der Waals surface area (Å²) in [4.78, 5) is 7.49. The fraction of sp³-hybridized carbons (Fsp3) is 0.323. The molecule has 0 atom stereocenters. The van der Waals surface area contributed by atoms with Crippen LogP contribution >= 0.6 is 0 Å². The Balaban J connectivity index is 1.31. The summed E-state index contributed by atoms with van der Waals surface area (Å²) in [6.07, 6.45) is 7.33. The molecule has 36 heavy (non-hydrogen) atoms. The van der Waals surface area contributed by atoms with Crippen molar-refractivity contribution >= 4 is 16.8 Å². The van der Waals surface area contributed by atoms with Crippen molar-refractivity contribution in [2.24, 2.45) is 5.41 Å². The lowest BCUT2D eigenvalue weighted by molar-refractivity contribution is -0.191. The molecule has 2 saturated heterocycles. The van der Waals surface area contributed by atoms with Crippen molar-refractivity contribution in [2.45, 2.75) is 32.7 Å². The van der Waals surface area contributed by atoms with E-state index in [-0.39, 0.29) is 0 Å². The van der Waals surface area contributed by atoms with Crippen LogP contribution in [0.3, 0.4) is 0 Å². The fourth-order valence-corrected chi connectivity index (χ4v) is 6.37. The molecular formula is C31H31N3O2. The maximum absolute atomic E-state index is 10.2. The van der Waals surface area contributed by atoms with E-state index in [1.165, 1.54) is 39.0 Å². The number of aryl methyl sites for hydroxylation is 2. The molecule has 0 radical (unpaired) electrons. The summed E-state index contributed by atoms with van der Waals surface area (Å²) in [5.41, 5.74) is 11.4. The van der Waals surface area contributed by atoms with Crippen molar-refractivity contribution in [3.63, 3.8) is 0 Å². The van der Waals surface area contributed by atoms with Crippen molar-refractivity contribution in [1.82, 2.24) is 14.3 Å². The van der Waals surface area contributed by atoms with Gasteiger partial charge in [-0.15, -0.1) is 0 Å². The quantitative estimate of drug-likeness (QED) is 0.423. The number of aromatic hydroxyl groups is 1. The van der Waals surface area contributed by atoms with Gasteiger partial charge >= 0.3 is 0 Å². The highest BCUT2D eigenvalue weighted by Gasteiger charge is 2.48. The Hall–Kier alpha value is -3.41. The van der Waals surface area contributed by atoms with Crippen LogP contribution in [-0.2, 0) is 17.7 Å². The average molecular weight is 478 g/mol. The van der Waals surface area contributed by atoms with E-state index in [9.17, 15) is 5.11 Å². The van der Waals surface area contributed by atoms with Gasteiger partial charge in [0, 0.05) is 37.4 Å². The number of hydrogen-bond donors (Lipinski definition) is 1. The van der Waals surface area contributed by atoms with E-state index in [1.807, 2.05) is 12.1 Å². The number of allylic oxidation sites excluding steroid dienone is 1. The van der Waals surface area contributed by atoms with Gasteiger partial charge in [-0.3, -0.25) is 4.90 Å². The summed E-state index contributed by atoms with van der Waals surface area (Å²) in [6.45, 7) is 7.14. The molecule has 4 aromatic rings. The van der Waals surface area contributed by atoms with Gasteiger partial charge in [0.1, 0.15) is 11.4 Å². The summed E-state index contributed by atoms with van der Waals surface area (Å²) in [5, 5.41) is 10.2. The number of fused-ring (bicyclic) bond motifs is 2. The number of phenols is 1. The molecule has 0 saturated carbocycles. The molecule has 1 aliphatic carbocycles. The van der Waals surface area contributed by atoms with Crippen molar-refractivity contribution in [3.05, 3.63) is 101 Å². The molecule has 4 heterocycles. The molecule has 0 unspecified atom stereocenters. The van der Waals surface area contributed by atoms with Crippen LogP contribution in [0.15, 0.2) is 67.0 Å². The number of ether oxygens (including phenoxy) is 1. The van der Waals surface area contributed by atoms with E-state index < -0.39 is 0 Å². The van der Waals surface area contributed by atoms with Crippen molar-refractivity contribution in [2.75, 3.05) is 26.3 Å². The number of benzene rings is 2. The Morgan fingerprint density at radius 2 is 1.86 bits per heavy atom. The Morgan fingerprint density at radius 3 is 2.67 bits per heavy atom. The maximum atomic E-state index is 10.2. The number of imidazole rings is 1. The summed E-state index contributed by atoms with van der Waals surface area (Å²) >= 11 is 0. The highest BCUT2D eigenvalue weighted by molar-refractivity contribution is 6.00. The molecule has 3 aliphatic rings. The van der Waals surface area contributed by atoms with E-state index in [0.717, 1.165) is 63.5 Å². The molecule has 7 rings (SSSR count). The molecule has 5 heteroatoms. The standard InChI is InChI=1S/C31H31N3O2/c1-21-5-2-3-7-26(21)28-8-4-6-22-13-25(35)9-10-27(22)30(28)23-11-12-34-16-24(32-29(34)14-23)15-33-17-31(18-33)19-36-20-31/h2-3,5,7,9-14,16,35H,4,6,8,15,17-20H2,1H3. The van der Waals surface area contributed by atoms with Crippen LogP contribution in [0.5, 0.6) is 5.75 Å². The maximum Gasteiger partial charge on any atom is 0.137 e. The van der Waals surface area contributed by atoms with Crippen LogP contribution < -0.4 is 0 Å². The number of nitrogens with zero attached hydrogens (tertiary/aromatic N) is 3. The summed E-state index contributed by atoms with van der Waals surface area (Å²) in [5.74, 6) is 0.335. The van der Waals surface area contributed by atoms with Crippen LogP contribution in [0.1, 0.15) is 46.4 Å². The Labute approximate surface area is 211 Å². The number of pyridine rings is 1. The van der Waals surface area contributed by atoms with Gasteiger partial charge in [0.15, 0.2) is 0 Å². The predicted octanol–water partition coefficient (Wildman–Crippen LogP) is 5.48. The van der Waals surface area contributed by atoms with E-state index in [0.29, 0.717) is 11.2 Å². The average Bonchev–Trinajstić information content (AvgIpc) is 3.13. The monoisotopic (exact) mass is 477 g/mol. The minimum Gasteiger partial charge on any atom is -0.508 e. The zero-order valence-corrected chi connectivity index (χ0v) is 20.7. The van der Waals surface area contributed by atoms with Gasteiger partial charge in [-0.1, -0.05) is 30.3 Å². The summed E-state index contributed by atoms with van der Waals surface area (Å²) < 4.78 is 7.56. The highest BCUT2D eigenvalue weighted by Crippen LogP contribution is 2.42. The minimum absolute atomic E-state index is 0.335. The molecular weight excluding hydrogens is 446 g/mol. The van der Waals surface area contributed by atoms with Gasteiger partial charge in [-0.05, 0) is 89.4 Å². The largest absolute Gasteiger partial charge is 0.508 e. The summed E-state index contributed by atoms with van der Waals surface area (Å²) in [7, 11) is 0.